The van der Waals surface area contributed by atoms with E-state index in [1.807, 2.05) is 6.07 Å². The summed E-state index contributed by atoms with van der Waals surface area (Å²) in [6.45, 7) is -0.0309. The Morgan fingerprint density at radius 3 is 2.50 bits per heavy atom. The average molecular weight is 369 g/mol. The number of ether oxygens (including phenoxy) is 1. The zero-order valence-electron chi connectivity index (χ0n) is 13.7. The molecule has 26 heavy (non-hydrogen) atoms. The first kappa shape index (κ1) is 19.7. The van der Waals surface area contributed by atoms with Crippen molar-refractivity contribution >= 4 is 6.09 Å². The number of aliphatic hydroxyl groups excluding tert-OH is 2. The van der Waals surface area contributed by atoms with E-state index in [0.717, 1.165) is 5.56 Å². The van der Waals surface area contributed by atoms with E-state index in [9.17, 15) is 28.2 Å². The number of carbonyl (C=O) groups excluding carboxylic acids is 1. The fourth-order valence-electron chi connectivity index (χ4n) is 2.25. The van der Waals surface area contributed by atoms with Gasteiger partial charge in [-0.15, -0.1) is 0 Å². The molecule has 2 atom stereocenters. The van der Waals surface area contributed by atoms with Gasteiger partial charge in [0.1, 0.15) is 18.5 Å². The molecule has 2 aromatic carbocycles. The Balaban J connectivity index is 1.79. The third-order valence-corrected chi connectivity index (χ3v) is 3.63. The van der Waals surface area contributed by atoms with E-state index in [2.05, 4.69) is 5.32 Å². The van der Waals surface area contributed by atoms with Crippen LogP contribution in [0.3, 0.4) is 0 Å². The lowest BCUT2D eigenvalue weighted by Gasteiger charge is -2.19. The molecule has 0 saturated carbocycles. The molecule has 0 heterocycles. The van der Waals surface area contributed by atoms with E-state index < -0.39 is 41.3 Å². The fraction of sp³-hybridized carbons (Fsp3) is 0.278. The fourth-order valence-corrected chi connectivity index (χ4v) is 2.25. The molecule has 0 aliphatic rings. The normalized spacial score (nSPS) is 13.1. The number of aliphatic hydroxyl groups is 2. The van der Waals surface area contributed by atoms with Gasteiger partial charge < -0.3 is 20.3 Å². The van der Waals surface area contributed by atoms with Crippen molar-refractivity contribution in [2.24, 2.45) is 0 Å². The first-order chi connectivity index (χ1) is 12.4. The van der Waals surface area contributed by atoms with Crippen molar-refractivity contribution in [2.45, 2.75) is 25.2 Å². The second kappa shape index (κ2) is 9.21. The third kappa shape index (κ3) is 5.47. The van der Waals surface area contributed by atoms with Gasteiger partial charge in [0, 0.05) is 18.2 Å². The molecule has 0 radical (unpaired) electrons. The van der Waals surface area contributed by atoms with E-state index in [0.29, 0.717) is 12.1 Å². The summed E-state index contributed by atoms with van der Waals surface area (Å²) < 4.78 is 44.9. The minimum atomic E-state index is -1.85. The predicted molar refractivity (Wildman–Crippen MR) is 86.5 cm³/mol. The van der Waals surface area contributed by atoms with Crippen LogP contribution in [0.15, 0.2) is 42.5 Å². The maximum Gasteiger partial charge on any atom is 0.407 e. The van der Waals surface area contributed by atoms with Gasteiger partial charge in [-0.1, -0.05) is 30.3 Å². The highest BCUT2D eigenvalue weighted by atomic mass is 19.2. The molecule has 0 aliphatic heterocycles. The Morgan fingerprint density at radius 1 is 1.12 bits per heavy atom. The molecule has 0 saturated heterocycles. The lowest BCUT2D eigenvalue weighted by atomic mass is 10.0. The number of rotatable bonds is 7. The van der Waals surface area contributed by atoms with Crippen LogP contribution in [-0.4, -0.2) is 29.0 Å². The largest absolute Gasteiger partial charge is 0.445 e. The molecule has 0 spiro atoms. The van der Waals surface area contributed by atoms with Gasteiger partial charge in [0.05, 0.1) is 6.10 Å². The van der Waals surface area contributed by atoms with Crippen molar-refractivity contribution in [3.05, 3.63) is 71.0 Å². The highest BCUT2D eigenvalue weighted by molar-refractivity contribution is 5.67. The topological polar surface area (TPSA) is 78.8 Å². The van der Waals surface area contributed by atoms with Crippen molar-refractivity contribution in [1.29, 1.82) is 0 Å². The number of amides is 1. The van der Waals surface area contributed by atoms with Crippen LogP contribution >= 0.6 is 0 Å². The molecular weight excluding hydrogens is 351 g/mol. The first-order valence-electron chi connectivity index (χ1n) is 7.83. The van der Waals surface area contributed by atoms with E-state index in [4.69, 9.17) is 4.74 Å². The first-order valence-corrected chi connectivity index (χ1v) is 7.83. The van der Waals surface area contributed by atoms with Gasteiger partial charge in [-0.25, -0.2) is 18.0 Å². The number of hydrogen-bond donors (Lipinski definition) is 3. The van der Waals surface area contributed by atoms with E-state index in [1.54, 1.807) is 24.3 Å². The highest BCUT2D eigenvalue weighted by Crippen LogP contribution is 2.24. The Kier molecular flexibility index (Phi) is 6.99. The van der Waals surface area contributed by atoms with Gasteiger partial charge >= 0.3 is 6.09 Å². The third-order valence-electron chi connectivity index (χ3n) is 3.63. The van der Waals surface area contributed by atoms with Crippen LogP contribution in [0.1, 0.15) is 23.7 Å². The molecule has 1 amide bonds. The minimum absolute atomic E-state index is 0.0611. The number of nitrogens with one attached hydrogen (secondary N) is 1. The molecule has 8 heteroatoms. The molecule has 2 rings (SSSR count). The summed E-state index contributed by atoms with van der Waals surface area (Å²) in [4.78, 5) is 11.5. The average Bonchev–Trinajstić information content (AvgIpc) is 2.63. The zero-order valence-corrected chi connectivity index (χ0v) is 13.7. The van der Waals surface area contributed by atoms with Crippen molar-refractivity contribution in [3.63, 3.8) is 0 Å². The quantitative estimate of drug-likeness (QED) is 0.656. The van der Waals surface area contributed by atoms with Crippen molar-refractivity contribution < 1.29 is 32.9 Å². The Hall–Kier alpha value is -2.58. The standard InChI is InChI=1S/C18H18F3NO4/c19-12-8-13(16(21)14(20)9-12)17(24)15(23)6-7-22-18(25)26-10-11-4-2-1-3-5-11/h1-5,8-9,15,17,23-24H,6-7,10H2,(H,22,25). The van der Waals surface area contributed by atoms with Crippen molar-refractivity contribution in [1.82, 2.24) is 5.32 Å². The monoisotopic (exact) mass is 369 g/mol. The number of benzene rings is 2. The Morgan fingerprint density at radius 2 is 1.81 bits per heavy atom. The van der Waals surface area contributed by atoms with Crippen LogP contribution in [0.2, 0.25) is 0 Å². The van der Waals surface area contributed by atoms with Crippen LogP contribution in [0.25, 0.3) is 0 Å². The number of alkyl carbamates (subject to hydrolysis) is 1. The van der Waals surface area contributed by atoms with Crippen LogP contribution in [-0.2, 0) is 11.3 Å². The molecule has 0 fully saturated rings. The van der Waals surface area contributed by atoms with Gasteiger partial charge in [-0.3, -0.25) is 0 Å². The molecule has 140 valence electrons. The second-order valence-electron chi connectivity index (χ2n) is 5.58. The second-order valence-corrected chi connectivity index (χ2v) is 5.58. The Bertz CT molecular complexity index is 743. The summed E-state index contributed by atoms with van der Waals surface area (Å²) >= 11 is 0. The molecule has 0 aliphatic carbocycles. The van der Waals surface area contributed by atoms with Gasteiger partial charge in [-0.2, -0.15) is 0 Å². The van der Waals surface area contributed by atoms with E-state index >= 15 is 0 Å². The summed E-state index contributed by atoms with van der Waals surface area (Å²) in [6, 6.07) is 9.91. The number of hydrogen-bond acceptors (Lipinski definition) is 4. The van der Waals surface area contributed by atoms with Crippen molar-refractivity contribution in [2.75, 3.05) is 6.54 Å². The van der Waals surface area contributed by atoms with E-state index in [-0.39, 0.29) is 19.6 Å². The van der Waals surface area contributed by atoms with Crippen LogP contribution in [0, 0.1) is 17.5 Å². The summed E-state index contributed by atoms with van der Waals surface area (Å²) in [7, 11) is 0. The number of carbonyl (C=O) groups is 1. The lowest BCUT2D eigenvalue weighted by Crippen LogP contribution is -2.30. The molecule has 2 unspecified atom stereocenters. The molecular formula is C18H18F3NO4. The smallest absolute Gasteiger partial charge is 0.407 e. The predicted octanol–water partition coefficient (Wildman–Crippen LogP) is 2.81. The van der Waals surface area contributed by atoms with Crippen molar-refractivity contribution in [3.8, 4) is 0 Å². The van der Waals surface area contributed by atoms with Gasteiger partial charge in [0.2, 0.25) is 0 Å². The van der Waals surface area contributed by atoms with Crippen LogP contribution < -0.4 is 5.32 Å². The van der Waals surface area contributed by atoms with Crippen LogP contribution in [0.5, 0.6) is 0 Å². The van der Waals surface area contributed by atoms with Gasteiger partial charge in [-0.05, 0) is 18.1 Å². The summed E-state index contributed by atoms with van der Waals surface area (Å²) in [5.41, 5.74) is 0.100. The summed E-state index contributed by atoms with van der Waals surface area (Å²) in [6.07, 6.45) is -4.31. The van der Waals surface area contributed by atoms with Crippen LogP contribution in [0.4, 0.5) is 18.0 Å². The lowest BCUT2D eigenvalue weighted by molar-refractivity contribution is 0.0111. The van der Waals surface area contributed by atoms with Gasteiger partial charge in [0.15, 0.2) is 11.6 Å². The molecule has 5 nitrogen and oxygen atoms in total. The summed E-state index contributed by atoms with van der Waals surface area (Å²) in [5, 5.41) is 22.1. The molecule has 2 aromatic rings. The molecule has 3 N–H and O–H groups in total. The molecule has 0 aromatic heterocycles. The number of halogens is 3. The zero-order chi connectivity index (χ0) is 19.1. The SMILES string of the molecule is O=C(NCCC(O)C(O)c1cc(F)cc(F)c1F)OCc1ccccc1. The summed E-state index contributed by atoms with van der Waals surface area (Å²) in [5.74, 6) is -3.98. The molecule has 0 bridgehead atoms. The maximum absolute atomic E-state index is 13.6. The van der Waals surface area contributed by atoms with E-state index in [1.165, 1.54) is 0 Å². The Labute approximate surface area is 148 Å². The highest BCUT2D eigenvalue weighted by Gasteiger charge is 2.24. The van der Waals surface area contributed by atoms with Gasteiger partial charge in [0.25, 0.3) is 0 Å². The maximum atomic E-state index is 13.6. The minimum Gasteiger partial charge on any atom is -0.445 e.